The van der Waals surface area contributed by atoms with Gasteiger partial charge in [-0.05, 0) is 32.9 Å². The number of carbonyl (C=O) groups is 1. The van der Waals surface area contributed by atoms with Crippen molar-refractivity contribution < 1.29 is 4.79 Å². The monoisotopic (exact) mass is 198 g/mol. The number of hydrogen-bond donors (Lipinski definition) is 0. The maximum Gasteiger partial charge on any atom is 0.222 e. The van der Waals surface area contributed by atoms with E-state index < -0.39 is 0 Å². The molecule has 1 heterocycles. The van der Waals surface area contributed by atoms with Crippen molar-refractivity contribution in [3.05, 3.63) is 0 Å². The van der Waals surface area contributed by atoms with Crippen molar-refractivity contribution >= 4 is 5.91 Å². The van der Waals surface area contributed by atoms with Crippen LogP contribution in [0.15, 0.2) is 0 Å². The molecule has 0 bridgehead atoms. The molecule has 1 atom stereocenters. The first kappa shape index (κ1) is 11.5. The molecular formula is C11H22N2O. The van der Waals surface area contributed by atoms with E-state index in [4.69, 9.17) is 0 Å². The molecule has 0 aliphatic carbocycles. The van der Waals surface area contributed by atoms with Crippen LogP contribution in [0.25, 0.3) is 0 Å². The van der Waals surface area contributed by atoms with Gasteiger partial charge in [0, 0.05) is 26.6 Å². The second kappa shape index (κ2) is 5.35. The summed E-state index contributed by atoms with van der Waals surface area (Å²) in [7, 11) is 5.82. The molecule has 1 amide bonds. The average Bonchev–Trinajstić information content (AvgIpc) is 2.16. The van der Waals surface area contributed by atoms with Crippen LogP contribution < -0.4 is 0 Å². The molecule has 0 aromatic carbocycles. The molecule has 0 spiro atoms. The largest absolute Gasteiger partial charge is 0.349 e. The third-order valence-corrected chi connectivity index (χ3v) is 3.11. The molecule has 0 N–H and O–H groups in total. The van der Waals surface area contributed by atoms with Crippen LogP contribution in [0.4, 0.5) is 0 Å². The van der Waals surface area contributed by atoms with Crippen LogP contribution in [0, 0.1) is 0 Å². The van der Waals surface area contributed by atoms with E-state index in [0.717, 1.165) is 6.42 Å². The van der Waals surface area contributed by atoms with E-state index in [1.165, 1.54) is 25.8 Å². The summed E-state index contributed by atoms with van der Waals surface area (Å²) < 4.78 is 0. The van der Waals surface area contributed by atoms with Gasteiger partial charge < -0.3 is 9.80 Å². The van der Waals surface area contributed by atoms with Gasteiger partial charge in [0.25, 0.3) is 0 Å². The fourth-order valence-corrected chi connectivity index (χ4v) is 2.02. The maximum absolute atomic E-state index is 11.4. The molecule has 0 saturated carbocycles. The SMILES string of the molecule is CN(C)C(=O)CCC1CCCCN1C. The lowest BCUT2D eigenvalue weighted by atomic mass is 9.98. The van der Waals surface area contributed by atoms with Crippen molar-refractivity contribution in [2.45, 2.75) is 38.1 Å². The first-order valence-corrected chi connectivity index (χ1v) is 5.51. The van der Waals surface area contributed by atoms with Crippen molar-refractivity contribution in [3.63, 3.8) is 0 Å². The number of amides is 1. The van der Waals surface area contributed by atoms with Crippen LogP contribution in [-0.4, -0.2) is 49.4 Å². The zero-order valence-electron chi connectivity index (χ0n) is 9.62. The summed E-state index contributed by atoms with van der Waals surface area (Å²) in [6.45, 7) is 1.20. The van der Waals surface area contributed by atoms with E-state index >= 15 is 0 Å². The Morgan fingerprint density at radius 2 is 2.14 bits per heavy atom. The minimum Gasteiger partial charge on any atom is -0.349 e. The molecule has 3 nitrogen and oxygen atoms in total. The zero-order chi connectivity index (χ0) is 10.6. The number of hydrogen-bond acceptors (Lipinski definition) is 2. The number of piperidine rings is 1. The molecule has 0 aromatic heterocycles. The molecule has 82 valence electrons. The number of rotatable bonds is 3. The van der Waals surface area contributed by atoms with Gasteiger partial charge in [0.05, 0.1) is 0 Å². The predicted molar refractivity (Wildman–Crippen MR) is 58.2 cm³/mol. The molecule has 1 unspecified atom stereocenters. The Bertz CT molecular complexity index is 192. The van der Waals surface area contributed by atoms with Gasteiger partial charge in [-0.3, -0.25) is 4.79 Å². The normalized spacial score (nSPS) is 23.5. The van der Waals surface area contributed by atoms with Gasteiger partial charge in [0.15, 0.2) is 0 Å². The highest BCUT2D eigenvalue weighted by Gasteiger charge is 2.19. The highest BCUT2D eigenvalue weighted by Crippen LogP contribution is 2.19. The Hall–Kier alpha value is -0.570. The molecule has 1 aliphatic rings. The van der Waals surface area contributed by atoms with Gasteiger partial charge in [-0.15, -0.1) is 0 Å². The van der Waals surface area contributed by atoms with Crippen LogP contribution >= 0.6 is 0 Å². The predicted octanol–water partition coefficient (Wildman–Crippen LogP) is 1.34. The van der Waals surface area contributed by atoms with E-state index in [0.29, 0.717) is 12.5 Å². The summed E-state index contributed by atoms with van der Waals surface area (Å²) in [6.07, 6.45) is 5.62. The number of carbonyl (C=O) groups excluding carboxylic acids is 1. The lowest BCUT2D eigenvalue weighted by molar-refractivity contribution is -0.129. The van der Waals surface area contributed by atoms with Gasteiger partial charge in [-0.2, -0.15) is 0 Å². The summed E-state index contributed by atoms with van der Waals surface area (Å²) in [5.41, 5.74) is 0. The highest BCUT2D eigenvalue weighted by molar-refractivity contribution is 5.75. The minimum absolute atomic E-state index is 0.254. The number of likely N-dealkylation sites (tertiary alicyclic amines) is 1. The third kappa shape index (κ3) is 3.29. The standard InChI is InChI=1S/C11H22N2O/c1-12(2)11(14)8-7-10-6-4-5-9-13(10)3/h10H,4-9H2,1-3H3. The minimum atomic E-state index is 0.254. The first-order chi connectivity index (χ1) is 6.61. The highest BCUT2D eigenvalue weighted by atomic mass is 16.2. The summed E-state index contributed by atoms with van der Waals surface area (Å²) in [5, 5.41) is 0. The molecule has 1 aliphatic heterocycles. The molecule has 0 radical (unpaired) electrons. The second-order valence-electron chi connectivity index (χ2n) is 4.46. The first-order valence-electron chi connectivity index (χ1n) is 5.51. The van der Waals surface area contributed by atoms with E-state index in [1.807, 2.05) is 14.1 Å². The van der Waals surface area contributed by atoms with Crippen LogP contribution in [0.5, 0.6) is 0 Å². The Morgan fingerprint density at radius 1 is 1.43 bits per heavy atom. The summed E-state index contributed by atoms with van der Waals surface area (Å²) in [6, 6.07) is 0.632. The van der Waals surface area contributed by atoms with Crippen molar-refractivity contribution in [3.8, 4) is 0 Å². The Labute approximate surface area is 87.1 Å². The lowest BCUT2D eigenvalue weighted by Crippen LogP contribution is -2.37. The van der Waals surface area contributed by atoms with Crippen LogP contribution in [0.3, 0.4) is 0 Å². The van der Waals surface area contributed by atoms with Gasteiger partial charge in [-0.25, -0.2) is 0 Å². The summed E-state index contributed by atoms with van der Waals surface area (Å²) in [4.78, 5) is 15.5. The van der Waals surface area contributed by atoms with Gasteiger partial charge in [-0.1, -0.05) is 6.42 Å². The lowest BCUT2D eigenvalue weighted by Gasteiger charge is -2.32. The fraction of sp³-hybridized carbons (Fsp3) is 0.909. The van der Waals surface area contributed by atoms with E-state index in [1.54, 1.807) is 4.90 Å². The average molecular weight is 198 g/mol. The van der Waals surface area contributed by atoms with E-state index in [9.17, 15) is 4.79 Å². The summed E-state index contributed by atoms with van der Waals surface area (Å²) in [5.74, 6) is 0.254. The molecule has 0 aromatic rings. The van der Waals surface area contributed by atoms with Crippen LogP contribution in [0.2, 0.25) is 0 Å². The zero-order valence-corrected chi connectivity index (χ0v) is 9.62. The molecule has 14 heavy (non-hydrogen) atoms. The topological polar surface area (TPSA) is 23.6 Å². The Kier molecular flexibility index (Phi) is 4.39. The van der Waals surface area contributed by atoms with Crippen molar-refractivity contribution in [2.75, 3.05) is 27.7 Å². The van der Waals surface area contributed by atoms with E-state index in [2.05, 4.69) is 11.9 Å². The number of nitrogens with zero attached hydrogens (tertiary/aromatic N) is 2. The van der Waals surface area contributed by atoms with Gasteiger partial charge >= 0.3 is 0 Å². The van der Waals surface area contributed by atoms with Crippen molar-refractivity contribution in [2.24, 2.45) is 0 Å². The van der Waals surface area contributed by atoms with Crippen LogP contribution in [0.1, 0.15) is 32.1 Å². The molecule has 1 fully saturated rings. The van der Waals surface area contributed by atoms with Gasteiger partial charge in [0.2, 0.25) is 5.91 Å². The maximum atomic E-state index is 11.4. The molecule has 1 saturated heterocycles. The van der Waals surface area contributed by atoms with Crippen molar-refractivity contribution in [1.29, 1.82) is 0 Å². The quantitative estimate of drug-likeness (QED) is 0.683. The second-order valence-corrected chi connectivity index (χ2v) is 4.46. The Morgan fingerprint density at radius 3 is 2.71 bits per heavy atom. The summed E-state index contributed by atoms with van der Waals surface area (Å²) >= 11 is 0. The molecule has 3 heteroatoms. The van der Waals surface area contributed by atoms with Crippen molar-refractivity contribution in [1.82, 2.24) is 9.80 Å². The Balaban J connectivity index is 2.26. The smallest absolute Gasteiger partial charge is 0.222 e. The molecular weight excluding hydrogens is 176 g/mol. The third-order valence-electron chi connectivity index (χ3n) is 3.11. The molecule has 1 rings (SSSR count). The van der Waals surface area contributed by atoms with Crippen LogP contribution in [-0.2, 0) is 4.79 Å². The van der Waals surface area contributed by atoms with Gasteiger partial charge in [0.1, 0.15) is 0 Å². The fourth-order valence-electron chi connectivity index (χ4n) is 2.02. The van der Waals surface area contributed by atoms with E-state index in [-0.39, 0.29) is 5.91 Å².